The van der Waals surface area contributed by atoms with Crippen LogP contribution in [0.25, 0.3) is 0 Å². The van der Waals surface area contributed by atoms with Gasteiger partial charge in [0.2, 0.25) is 11.9 Å². The summed E-state index contributed by atoms with van der Waals surface area (Å²) in [4.78, 5) is 6.44. The summed E-state index contributed by atoms with van der Waals surface area (Å²) in [5.74, 6) is 1.54. The highest BCUT2D eigenvalue weighted by Crippen LogP contribution is 2.26. The number of nitrogens with one attached hydrogen (secondary N) is 2. The lowest BCUT2D eigenvalue weighted by Gasteiger charge is -2.36. The number of nitrogen functional groups attached to an aromatic ring is 1. The minimum atomic E-state index is 0. The zero-order chi connectivity index (χ0) is 21.6. The molecule has 7 nitrogen and oxygen atoms in total. The second kappa shape index (κ2) is 13.0. The van der Waals surface area contributed by atoms with E-state index in [0.29, 0.717) is 23.9 Å². The summed E-state index contributed by atoms with van der Waals surface area (Å²) in [5, 5.41) is 21.1. The Bertz CT molecular complexity index is 976. The first-order valence-electron chi connectivity index (χ1n) is 10.7. The molecule has 10 heteroatoms. The van der Waals surface area contributed by atoms with Gasteiger partial charge in [0, 0.05) is 30.7 Å². The quantitative estimate of drug-likeness (QED) is 0.363. The lowest BCUT2D eigenvalue weighted by atomic mass is 9.85. The van der Waals surface area contributed by atoms with Crippen molar-refractivity contribution < 1.29 is 5.11 Å². The van der Waals surface area contributed by atoms with Gasteiger partial charge in [0.05, 0.1) is 6.61 Å². The summed E-state index contributed by atoms with van der Waals surface area (Å²) >= 11 is 6.08. The Morgan fingerprint density at radius 2 is 1.76 bits per heavy atom. The van der Waals surface area contributed by atoms with Crippen LogP contribution in [0.15, 0.2) is 48.5 Å². The van der Waals surface area contributed by atoms with Gasteiger partial charge in [-0.1, -0.05) is 48.0 Å². The Morgan fingerprint density at radius 1 is 1.09 bits per heavy atom. The third kappa shape index (κ3) is 7.22. The van der Waals surface area contributed by atoms with Crippen LogP contribution in [-0.2, 0) is 19.6 Å². The number of hydrogen-bond acceptors (Lipinski definition) is 6. The lowest BCUT2D eigenvalue weighted by Crippen LogP contribution is -2.44. The average Bonchev–Trinajstić information content (AvgIpc) is 3.24. The molecule has 33 heavy (non-hydrogen) atoms. The highest BCUT2D eigenvalue weighted by molar-refractivity contribution is 6.30. The van der Waals surface area contributed by atoms with Gasteiger partial charge in [0.15, 0.2) is 0 Å². The van der Waals surface area contributed by atoms with Crippen molar-refractivity contribution in [3.05, 3.63) is 70.2 Å². The van der Waals surface area contributed by atoms with Crippen LogP contribution in [0.3, 0.4) is 0 Å². The first kappa shape index (κ1) is 27.2. The van der Waals surface area contributed by atoms with Gasteiger partial charge in [-0.3, -0.25) is 0 Å². The monoisotopic (exact) mass is 512 g/mol. The third-order valence-corrected chi connectivity index (χ3v) is 6.35. The molecule has 0 spiro atoms. The molecule has 1 saturated heterocycles. The number of piperidine rings is 1. The smallest absolute Gasteiger partial charge is 0.246 e. The lowest BCUT2D eigenvalue weighted by molar-refractivity contribution is 0.276. The largest absolute Gasteiger partial charge is 0.392 e. The fraction of sp³-hybridized carbons (Fsp3) is 0.391. The number of benzene rings is 2. The minimum Gasteiger partial charge on any atom is -0.392 e. The second-order valence-corrected chi connectivity index (χ2v) is 8.53. The van der Waals surface area contributed by atoms with Crippen LogP contribution in [-0.4, -0.2) is 39.4 Å². The number of halogens is 3. The molecule has 1 atom stereocenters. The van der Waals surface area contributed by atoms with Gasteiger partial charge in [0.1, 0.15) is 0 Å². The Morgan fingerprint density at radius 3 is 2.36 bits per heavy atom. The molecule has 4 rings (SSSR count). The van der Waals surface area contributed by atoms with Gasteiger partial charge < -0.3 is 21.1 Å². The molecule has 0 amide bonds. The number of aliphatic hydroxyl groups is 1. The summed E-state index contributed by atoms with van der Waals surface area (Å²) < 4.78 is 0. The fourth-order valence-corrected chi connectivity index (χ4v) is 4.44. The van der Waals surface area contributed by atoms with E-state index in [2.05, 4.69) is 43.6 Å². The van der Waals surface area contributed by atoms with Crippen LogP contribution in [0.5, 0.6) is 0 Å². The molecule has 1 aromatic heterocycles. The summed E-state index contributed by atoms with van der Waals surface area (Å²) in [5.41, 5.74) is 9.06. The van der Waals surface area contributed by atoms with Crippen LogP contribution >= 0.6 is 36.4 Å². The van der Waals surface area contributed by atoms with Gasteiger partial charge in [-0.25, -0.2) is 5.10 Å². The van der Waals surface area contributed by atoms with Gasteiger partial charge in [-0.05, 0) is 54.0 Å². The molecule has 2 aromatic carbocycles. The second-order valence-electron chi connectivity index (χ2n) is 8.09. The molecule has 5 N–H and O–H groups in total. The van der Waals surface area contributed by atoms with Crippen molar-refractivity contribution in [3.8, 4) is 0 Å². The zero-order valence-corrected chi connectivity index (χ0v) is 20.7. The minimum absolute atomic E-state index is 0. The van der Waals surface area contributed by atoms with E-state index in [4.69, 9.17) is 17.3 Å². The van der Waals surface area contributed by atoms with E-state index in [1.165, 1.54) is 5.56 Å². The molecule has 2 heterocycles. The number of hydrogen-bond donors (Lipinski definition) is 4. The van der Waals surface area contributed by atoms with Crippen molar-refractivity contribution >= 4 is 48.3 Å². The van der Waals surface area contributed by atoms with E-state index < -0.39 is 0 Å². The van der Waals surface area contributed by atoms with Gasteiger partial charge in [-0.15, -0.1) is 29.9 Å². The number of nitrogens with zero attached hydrogens (tertiary/aromatic N) is 3. The van der Waals surface area contributed by atoms with Gasteiger partial charge >= 0.3 is 0 Å². The molecule has 0 bridgehead atoms. The standard InChI is InChI=1S/C23H29ClN6O.2ClH/c24-20-7-5-16(6-8-20)13-21(26-14-18-3-1-2-4-19(18)15-31)17-9-11-30(12-10-17)23-27-22(25)28-29-23;;/h1-8,17,21,26,31H,9-15H2,(H3,25,27,28,29);2*1H. The molecule has 1 aliphatic rings. The maximum absolute atomic E-state index is 9.66. The number of nitrogens with two attached hydrogens (primary N) is 1. The van der Waals surface area contributed by atoms with Crippen molar-refractivity contribution in [1.29, 1.82) is 0 Å². The SMILES string of the molecule is Cl.Cl.Nc1nc(N2CCC(C(Cc3ccc(Cl)cc3)NCc3ccccc3CO)CC2)n[nH]1. The van der Waals surface area contributed by atoms with E-state index in [1.54, 1.807) is 0 Å². The average molecular weight is 514 g/mol. The topological polar surface area (TPSA) is 103 Å². The normalized spacial score (nSPS) is 14.9. The maximum Gasteiger partial charge on any atom is 0.246 e. The number of H-pyrrole nitrogens is 1. The molecular weight excluding hydrogens is 483 g/mol. The van der Waals surface area contributed by atoms with Crippen LogP contribution in [0.2, 0.25) is 5.02 Å². The van der Waals surface area contributed by atoms with E-state index in [9.17, 15) is 5.11 Å². The van der Waals surface area contributed by atoms with Crippen molar-refractivity contribution in [1.82, 2.24) is 20.5 Å². The maximum atomic E-state index is 9.66. The van der Waals surface area contributed by atoms with Crippen molar-refractivity contribution in [3.63, 3.8) is 0 Å². The Hall–Kier alpha value is -2.03. The fourth-order valence-electron chi connectivity index (χ4n) is 4.31. The Labute approximate surface area is 211 Å². The highest BCUT2D eigenvalue weighted by Gasteiger charge is 2.28. The van der Waals surface area contributed by atoms with E-state index >= 15 is 0 Å². The molecule has 1 aliphatic heterocycles. The Kier molecular flexibility index (Phi) is 10.7. The van der Waals surface area contributed by atoms with Crippen LogP contribution in [0.4, 0.5) is 11.9 Å². The summed E-state index contributed by atoms with van der Waals surface area (Å²) in [6.45, 7) is 2.58. The van der Waals surface area contributed by atoms with Crippen molar-refractivity contribution in [2.75, 3.05) is 23.7 Å². The predicted octanol–water partition coefficient (Wildman–Crippen LogP) is 3.99. The van der Waals surface area contributed by atoms with E-state index in [-0.39, 0.29) is 31.4 Å². The molecule has 0 radical (unpaired) electrons. The first-order chi connectivity index (χ1) is 15.1. The molecule has 0 aliphatic carbocycles. The van der Waals surface area contributed by atoms with Gasteiger partial charge in [-0.2, -0.15) is 4.98 Å². The molecule has 1 fully saturated rings. The molecule has 0 saturated carbocycles. The number of aromatic nitrogens is 3. The number of aromatic amines is 1. The molecular formula is C23H31Cl3N6O. The number of aliphatic hydroxyl groups excluding tert-OH is 1. The van der Waals surface area contributed by atoms with E-state index in [0.717, 1.165) is 55.0 Å². The highest BCUT2D eigenvalue weighted by atomic mass is 35.5. The summed E-state index contributed by atoms with van der Waals surface area (Å²) in [6.07, 6.45) is 3.01. The summed E-state index contributed by atoms with van der Waals surface area (Å²) in [6, 6.07) is 16.5. The van der Waals surface area contributed by atoms with Crippen LogP contribution < -0.4 is 16.0 Å². The molecule has 180 valence electrons. The van der Waals surface area contributed by atoms with Gasteiger partial charge in [0.25, 0.3) is 0 Å². The summed E-state index contributed by atoms with van der Waals surface area (Å²) in [7, 11) is 0. The molecule has 3 aromatic rings. The third-order valence-electron chi connectivity index (χ3n) is 6.09. The van der Waals surface area contributed by atoms with Crippen LogP contribution in [0, 0.1) is 5.92 Å². The first-order valence-corrected chi connectivity index (χ1v) is 11.1. The number of anilines is 2. The van der Waals surface area contributed by atoms with E-state index in [1.807, 2.05) is 30.3 Å². The zero-order valence-electron chi connectivity index (χ0n) is 18.3. The molecule has 1 unspecified atom stereocenters. The van der Waals surface area contributed by atoms with Crippen LogP contribution in [0.1, 0.15) is 29.5 Å². The van der Waals surface area contributed by atoms with Crippen molar-refractivity contribution in [2.45, 2.75) is 38.5 Å². The number of rotatable bonds is 8. The predicted molar refractivity (Wildman–Crippen MR) is 138 cm³/mol. The Balaban J connectivity index is 0.00000193. The van der Waals surface area contributed by atoms with Crippen molar-refractivity contribution in [2.24, 2.45) is 5.92 Å².